The predicted molar refractivity (Wildman–Crippen MR) is 85.3 cm³/mol. The summed E-state index contributed by atoms with van der Waals surface area (Å²) < 4.78 is 0. The molecule has 0 aliphatic carbocycles. The van der Waals surface area contributed by atoms with Crippen molar-refractivity contribution in [2.24, 2.45) is 0 Å². The van der Waals surface area contributed by atoms with Crippen LogP contribution in [0.15, 0.2) is 28.8 Å². The molecule has 2 aliphatic rings. The van der Waals surface area contributed by atoms with E-state index < -0.39 is 35.0 Å². The minimum absolute atomic E-state index is 0.0390. The molecule has 0 saturated carbocycles. The lowest BCUT2D eigenvalue weighted by Crippen LogP contribution is -2.70. The first-order valence-electron chi connectivity index (χ1n) is 6.86. The molecule has 24 heavy (non-hydrogen) atoms. The maximum absolute atomic E-state index is 12.2. The van der Waals surface area contributed by atoms with Crippen LogP contribution in [-0.4, -0.2) is 56.0 Å². The molecule has 126 valence electrons. The molecule has 10 heteroatoms. The molecule has 1 aromatic rings. The van der Waals surface area contributed by atoms with Gasteiger partial charge in [0.15, 0.2) is 0 Å². The van der Waals surface area contributed by atoms with Gasteiger partial charge in [-0.15, -0.1) is 23.1 Å². The molecule has 8 nitrogen and oxygen atoms in total. The summed E-state index contributed by atoms with van der Waals surface area (Å²) in [6.07, 6.45) is 0.140. The number of rotatable bonds is 5. The largest absolute Gasteiger partial charge is 0.478 e. The maximum atomic E-state index is 12.2. The molecule has 0 radical (unpaired) electrons. The van der Waals surface area contributed by atoms with Crippen molar-refractivity contribution in [2.45, 2.75) is 17.8 Å². The summed E-state index contributed by atoms with van der Waals surface area (Å²) in [6, 6.07) is 2.78. The smallest absolute Gasteiger partial charge is 0.353 e. The summed E-state index contributed by atoms with van der Waals surface area (Å²) in [7, 11) is 0. The normalized spacial score (nSPS) is 22.7. The number of hydrogen-bond acceptors (Lipinski definition) is 6. The average molecular weight is 368 g/mol. The van der Waals surface area contributed by atoms with E-state index in [1.54, 1.807) is 6.07 Å². The van der Waals surface area contributed by atoms with E-state index >= 15 is 0 Å². The van der Waals surface area contributed by atoms with Crippen molar-refractivity contribution < 1.29 is 29.4 Å². The lowest BCUT2D eigenvalue weighted by Gasteiger charge is -2.49. The fourth-order valence-corrected chi connectivity index (χ4v) is 4.62. The second kappa shape index (κ2) is 6.29. The number of carboxylic acids is 2. The van der Waals surface area contributed by atoms with Gasteiger partial charge in [-0.3, -0.25) is 14.5 Å². The first-order chi connectivity index (χ1) is 11.4. The highest BCUT2D eigenvalue weighted by atomic mass is 32.2. The predicted octanol–water partition coefficient (Wildman–Crippen LogP) is 0.114. The lowest BCUT2D eigenvalue weighted by atomic mass is 10.0. The molecule has 1 unspecified atom stereocenters. The number of amides is 2. The van der Waals surface area contributed by atoms with Crippen LogP contribution >= 0.6 is 23.1 Å². The standard InChI is InChI=1S/C14H12N2O6S2/c17-8(4-6-2-1-3-23-6)15-9-11(18)16-10(14(21)22)7(13(19)20)5-24-12(9)16/h1-3,9,12H,4-5H2,(H,15,17)(H,19,20)(H,21,22)/t9?,12-/m1/s1. The number of thioether (sulfide) groups is 1. The van der Waals surface area contributed by atoms with Gasteiger partial charge in [0.25, 0.3) is 5.91 Å². The number of aliphatic carboxylic acids is 2. The number of nitrogens with zero attached hydrogens (tertiary/aromatic N) is 1. The highest BCUT2D eigenvalue weighted by molar-refractivity contribution is 8.00. The second-order valence-corrected chi connectivity index (χ2v) is 7.29. The van der Waals surface area contributed by atoms with E-state index in [-0.39, 0.29) is 23.7 Å². The number of nitrogens with one attached hydrogen (secondary N) is 1. The molecule has 2 atom stereocenters. The first kappa shape index (κ1) is 16.5. The van der Waals surface area contributed by atoms with Crippen molar-refractivity contribution in [3.8, 4) is 0 Å². The molecule has 2 amide bonds. The van der Waals surface area contributed by atoms with Crippen LogP contribution < -0.4 is 5.32 Å². The zero-order valence-electron chi connectivity index (χ0n) is 12.1. The SMILES string of the molecule is O=C(Cc1cccs1)NC1C(=O)N2C(C(=O)O)=C(C(=O)O)CS[C@H]12. The summed E-state index contributed by atoms with van der Waals surface area (Å²) >= 11 is 2.55. The van der Waals surface area contributed by atoms with Gasteiger partial charge in [0.05, 0.1) is 12.0 Å². The fourth-order valence-electron chi connectivity index (χ4n) is 2.58. The van der Waals surface area contributed by atoms with Crippen LogP contribution in [0.3, 0.4) is 0 Å². The number of thiophene rings is 1. The van der Waals surface area contributed by atoms with E-state index in [1.165, 1.54) is 11.3 Å². The molecule has 2 aliphatic heterocycles. The first-order valence-corrected chi connectivity index (χ1v) is 8.79. The lowest BCUT2D eigenvalue weighted by molar-refractivity contribution is -0.151. The van der Waals surface area contributed by atoms with Crippen molar-refractivity contribution in [1.82, 2.24) is 10.2 Å². The number of carbonyl (C=O) groups is 4. The number of hydrogen-bond donors (Lipinski definition) is 3. The Bertz CT molecular complexity index is 757. The zero-order chi connectivity index (χ0) is 17.4. The molecule has 3 N–H and O–H groups in total. The molecule has 1 saturated heterocycles. The summed E-state index contributed by atoms with van der Waals surface area (Å²) in [5, 5.41) is 22.2. The van der Waals surface area contributed by atoms with E-state index in [1.807, 2.05) is 11.4 Å². The minimum atomic E-state index is -1.46. The quantitative estimate of drug-likeness (QED) is 0.630. The third-order valence-corrected chi connectivity index (χ3v) is 5.82. The van der Waals surface area contributed by atoms with Crippen LogP contribution in [-0.2, 0) is 25.6 Å². The summed E-state index contributed by atoms with van der Waals surface area (Å²) in [5.41, 5.74) is -0.833. The molecule has 1 fully saturated rings. The van der Waals surface area contributed by atoms with Crippen LogP contribution in [0.4, 0.5) is 0 Å². The summed E-state index contributed by atoms with van der Waals surface area (Å²) in [5.74, 6) is -3.81. The number of fused-ring (bicyclic) bond motifs is 1. The molecule has 0 aromatic carbocycles. The van der Waals surface area contributed by atoms with E-state index in [9.17, 15) is 24.3 Å². The molecule has 3 rings (SSSR count). The van der Waals surface area contributed by atoms with Crippen molar-refractivity contribution in [1.29, 1.82) is 0 Å². The highest BCUT2D eigenvalue weighted by Gasteiger charge is 2.54. The Morgan fingerprint density at radius 3 is 2.62 bits per heavy atom. The Morgan fingerprint density at radius 2 is 2.04 bits per heavy atom. The second-order valence-electron chi connectivity index (χ2n) is 5.15. The summed E-state index contributed by atoms with van der Waals surface area (Å²) in [4.78, 5) is 48.5. The molecule has 1 aromatic heterocycles. The van der Waals surface area contributed by atoms with E-state index in [4.69, 9.17) is 5.11 Å². The van der Waals surface area contributed by atoms with Gasteiger partial charge in [0.1, 0.15) is 17.1 Å². The number of carboxylic acid groups (broad SMARTS) is 2. The van der Waals surface area contributed by atoms with E-state index in [2.05, 4.69) is 5.32 Å². The van der Waals surface area contributed by atoms with Crippen molar-refractivity contribution in [2.75, 3.05) is 5.75 Å². The van der Waals surface area contributed by atoms with Crippen LogP contribution in [0.5, 0.6) is 0 Å². The minimum Gasteiger partial charge on any atom is -0.478 e. The van der Waals surface area contributed by atoms with E-state index in [0.717, 1.165) is 21.5 Å². The summed E-state index contributed by atoms with van der Waals surface area (Å²) in [6.45, 7) is 0. The highest BCUT2D eigenvalue weighted by Crippen LogP contribution is 2.40. The van der Waals surface area contributed by atoms with Crippen LogP contribution in [0.25, 0.3) is 0 Å². The monoisotopic (exact) mass is 368 g/mol. The third-order valence-electron chi connectivity index (χ3n) is 3.66. The third kappa shape index (κ3) is 2.78. The zero-order valence-corrected chi connectivity index (χ0v) is 13.7. The van der Waals surface area contributed by atoms with Crippen LogP contribution in [0.1, 0.15) is 4.88 Å². The molecule has 3 heterocycles. The molecular formula is C14H12N2O6S2. The Hall–Kier alpha value is -2.33. The van der Waals surface area contributed by atoms with Gasteiger partial charge in [-0.05, 0) is 11.4 Å². The van der Waals surface area contributed by atoms with Gasteiger partial charge < -0.3 is 15.5 Å². The molecule has 0 bridgehead atoms. The number of carbonyl (C=O) groups excluding carboxylic acids is 2. The molecular weight excluding hydrogens is 356 g/mol. The van der Waals surface area contributed by atoms with Crippen LogP contribution in [0.2, 0.25) is 0 Å². The Labute approximate surface area is 144 Å². The Kier molecular flexibility index (Phi) is 4.33. The van der Waals surface area contributed by atoms with Gasteiger partial charge >= 0.3 is 11.9 Å². The van der Waals surface area contributed by atoms with Crippen molar-refractivity contribution >= 4 is 46.9 Å². The topological polar surface area (TPSA) is 124 Å². The van der Waals surface area contributed by atoms with Gasteiger partial charge in [-0.2, -0.15) is 0 Å². The van der Waals surface area contributed by atoms with Gasteiger partial charge in [0.2, 0.25) is 5.91 Å². The Morgan fingerprint density at radius 1 is 1.29 bits per heavy atom. The number of β-lactam (4-membered cyclic amide) rings is 1. The Balaban J connectivity index is 1.73. The molecule has 0 spiro atoms. The van der Waals surface area contributed by atoms with Crippen molar-refractivity contribution in [3.05, 3.63) is 33.7 Å². The maximum Gasteiger partial charge on any atom is 0.353 e. The van der Waals surface area contributed by atoms with Gasteiger partial charge in [-0.25, -0.2) is 9.59 Å². The van der Waals surface area contributed by atoms with Gasteiger partial charge in [-0.1, -0.05) is 6.07 Å². The average Bonchev–Trinajstić information content (AvgIpc) is 3.03. The van der Waals surface area contributed by atoms with Crippen LogP contribution in [0, 0.1) is 0 Å². The van der Waals surface area contributed by atoms with Gasteiger partial charge in [0, 0.05) is 10.6 Å². The fraction of sp³-hybridized carbons (Fsp3) is 0.286. The van der Waals surface area contributed by atoms with Crippen molar-refractivity contribution in [3.63, 3.8) is 0 Å². The van der Waals surface area contributed by atoms with E-state index in [0.29, 0.717) is 0 Å².